The zero-order valence-corrected chi connectivity index (χ0v) is 13.1. The highest BCUT2D eigenvalue weighted by atomic mass is 35.5. The van der Waals surface area contributed by atoms with E-state index in [9.17, 15) is 4.79 Å². The van der Waals surface area contributed by atoms with E-state index in [1.807, 2.05) is 13.8 Å². The molecule has 1 amide bonds. The summed E-state index contributed by atoms with van der Waals surface area (Å²) >= 11 is 6.05. The maximum Gasteiger partial charge on any atom is 0.271 e. The quantitative estimate of drug-likeness (QED) is 0.873. The fourth-order valence-corrected chi connectivity index (χ4v) is 2.33. The molecule has 0 aliphatic heterocycles. The SMILES string of the molecule is CCC(CC1CC1)NC(=O)c1nc(C(C)C)ncc1Cl. The summed E-state index contributed by atoms with van der Waals surface area (Å²) in [6.07, 6.45) is 6.08. The minimum Gasteiger partial charge on any atom is -0.348 e. The van der Waals surface area contributed by atoms with Crippen molar-refractivity contribution in [2.75, 3.05) is 0 Å². The zero-order chi connectivity index (χ0) is 14.7. The first-order valence-electron chi connectivity index (χ1n) is 7.34. The van der Waals surface area contributed by atoms with Gasteiger partial charge in [0.1, 0.15) is 11.5 Å². The lowest BCUT2D eigenvalue weighted by atomic mass is 10.1. The number of rotatable bonds is 6. The van der Waals surface area contributed by atoms with E-state index in [0.717, 1.165) is 18.8 Å². The first-order valence-corrected chi connectivity index (χ1v) is 7.72. The Labute approximate surface area is 125 Å². The highest BCUT2D eigenvalue weighted by Gasteiger charge is 2.26. The second kappa shape index (κ2) is 6.53. The minimum atomic E-state index is -0.188. The van der Waals surface area contributed by atoms with Gasteiger partial charge < -0.3 is 5.32 Å². The highest BCUT2D eigenvalue weighted by molar-refractivity contribution is 6.33. The largest absolute Gasteiger partial charge is 0.348 e. The molecule has 2 rings (SSSR count). The molecular formula is C15H22ClN3O. The van der Waals surface area contributed by atoms with Crippen LogP contribution in [-0.2, 0) is 0 Å². The summed E-state index contributed by atoms with van der Waals surface area (Å²) in [5.74, 6) is 1.42. The van der Waals surface area contributed by atoms with Crippen molar-refractivity contribution in [3.63, 3.8) is 0 Å². The lowest BCUT2D eigenvalue weighted by Crippen LogP contribution is -2.35. The van der Waals surface area contributed by atoms with Crippen LogP contribution in [0.15, 0.2) is 6.20 Å². The van der Waals surface area contributed by atoms with Crippen molar-refractivity contribution in [3.8, 4) is 0 Å². The third-order valence-corrected chi connectivity index (χ3v) is 3.91. The van der Waals surface area contributed by atoms with E-state index in [1.54, 1.807) is 0 Å². The van der Waals surface area contributed by atoms with E-state index in [0.29, 0.717) is 16.5 Å². The Hall–Kier alpha value is -1.16. The average Bonchev–Trinajstić information content (AvgIpc) is 3.21. The Balaban J connectivity index is 2.08. The molecule has 0 spiro atoms. The predicted molar refractivity (Wildman–Crippen MR) is 80.0 cm³/mol. The number of hydrogen-bond acceptors (Lipinski definition) is 3. The molecule has 1 aliphatic carbocycles. The number of amides is 1. The van der Waals surface area contributed by atoms with Gasteiger partial charge in [-0.15, -0.1) is 0 Å². The van der Waals surface area contributed by atoms with Gasteiger partial charge in [0.15, 0.2) is 0 Å². The van der Waals surface area contributed by atoms with Gasteiger partial charge in [-0.05, 0) is 18.8 Å². The van der Waals surface area contributed by atoms with Gasteiger partial charge in [-0.25, -0.2) is 9.97 Å². The summed E-state index contributed by atoms with van der Waals surface area (Å²) in [7, 11) is 0. The fraction of sp³-hybridized carbons (Fsp3) is 0.667. The van der Waals surface area contributed by atoms with Crippen molar-refractivity contribution in [2.24, 2.45) is 5.92 Å². The van der Waals surface area contributed by atoms with E-state index in [2.05, 4.69) is 22.2 Å². The number of nitrogens with zero attached hydrogens (tertiary/aromatic N) is 2. The lowest BCUT2D eigenvalue weighted by Gasteiger charge is -2.17. The first kappa shape index (κ1) is 15.2. The van der Waals surface area contributed by atoms with E-state index in [1.165, 1.54) is 19.0 Å². The van der Waals surface area contributed by atoms with Crippen LogP contribution >= 0.6 is 11.6 Å². The lowest BCUT2D eigenvalue weighted by molar-refractivity contribution is 0.0927. The number of halogens is 1. The van der Waals surface area contributed by atoms with Gasteiger partial charge in [0.25, 0.3) is 5.91 Å². The summed E-state index contributed by atoms with van der Waals surface area (Å²) < 4.78 is 0. The number of hydrogen-bond donors (Lipinski definition) is 1. The second-order valence-corrected chi connectivity index (χ2v) is 6.24. The fourth-order valence-electron chi connectivity index (χ4n) is 2.16. The van der Waals surface area contributed by atoms with Gasteiger partial charge in [0.05, 0.1) is 11.2 Å². The molecule has 1 saturated carbocycles. The molecule has 1 atom stereocenters. The molecule has 1 N–H and O–H groups in total. The molecule has 0 saturated heterocycles. The number of carbonyl (C=O) groups excluding carboxylic acids is 1. The number of aromatic nitrogens is 2. The molecule has 1 fully saturated rings. The molecule has 1 aromatic heterocycles. The Kier molecular flexibility index (Phi) is 4.97. The van der Waals surface area contributed by atoms with Crippen molar-refractivity contribution < 1.29 is 4.79 Å². The third kappa shape index (κ3) is 3.92. The van der Waals surface area contributed by atoms with Crippen LogP contribution in [0.3, 0.4) is 0 Å². The topological polar surface area (TPSA) is 54.9 Å². The molecule has 20 heavy (non-hydrogen) atoms. The van der Waals surface area contributed by atoms with Crippen molar-refractivity contribution in [2.45, 2.75) is 58.4 Å². The van der Waals surface area contributed by atoms with E-state index >= 15 is 0 Å². The summed E-state index contributed by atoms with van der Waals surface area (Å²) in [6.45, 7) is 6.08. The molecule has 1 heterocycles. The molecule has 5 heteroatoms. The predicted octanol–water partition coefficient (Wildman–Crippen LogP) is 3.56. The molecule has 1 aliphatic rings. The van der Waals surface area contributed by atoms with Crippen LogP contribution in [0.4, 0.5) is 0 Å². The van der Waals surface area contributed by atoms with Crippen molar-refractivity contribution in [1.29, 1.82) is 0 Å². The zero-order valence-electron chi connectivity index (χ0n) is 12.3. The Bertz CT molecular complexity index is 486. The smallest absolute Gasteiger partial charge is 0.271 e. The minimum absolute atomic E-state index is 0.173. The molecule has 110 valence electrons. The number of nitrogens with one attached hydrogen (secondary N) is 1. The second-order valence-electron chi connectivity index (χ2n) is 5.84. The van der Waals surface area contributed by atoms with Gasteiger partial charge in [-0.3, -0.25) is 4.79 Å². The van der Waals surface area contributed by atoms with Crippen LogP contribution in [0.25, 0.3) is 0 Å². The van der Waals surface area contributed by atoms with Crippen molar-refractivity contribution >= 4 is 17.5 Å². The van der Waals surface area contributed by atoms with Crippen molar-refractivity contribution in [3.05, 3.63) is 22.7 Å². The maximum absolute atomic E-state index is 12.3. The third-order valence-electron chi connectivity index (χ3n) is 3.64. The Morgan fingerprint density at radius 3 is 2.75 bits per heavy atom. The van der Waals surface area contributed by atoms with Crippen LogP contribution in [0.2, 0.25) is 5.02 Å². The molecule has 1 unspecified atom stereocenters. The molecular weight excluding hydrogens is 274 g/mol. The van der Waals surface area contributed by atoms with Crippen LogP contribution in [0.5, 0.6) is 0 Å². The Morgan fingerprint density at radius 2 is 2.20 bits per heavy atom. The number of carbonyl (C=O) groups is 1. The molecule has 0 aromatic carbocycles. The molecule has 4 nitrogen and oxygen atoms in total. The normalized spacial score (nSPS) is 16.2. The van der Waals surface area contributed by atoms with Gasteiger partial charge in [-0.2, -0.15) is 0 Å². The summed E-state index contributed by atoms with van der Waals surface area (Å²) in [6, 6.07) is 0.212. The van der Waals surface area contributed by atoms with Gasteiger partial charge in [0, 0.05) is 12.0 Å². The van der Waals surface area contributed by atoms with Gasteiger partial charge >= 0.3 is 0 Å². The standard InChI is InChI=1S/C15H22ClN3O/c1-4-11(7-10-5-6-10)18-15(20)13-12(16)8-17-14(19-13)9(2)3/h8-11H,4-7H2,1-3H3,(H,18,20). The van der Waals surface area contributed by atoms with Crippen LogP contribution in [0.1, 0.15) is 68.7 Å². The summed E-state index contributed by atoms with van der Waals surface area (Å²) in [5.41, 5.74) is 0.291. The van der Waals surface area contributed by atoms with Crippen LogP contribution in [0, 0.1) is 5.92 Å². The van der Waals surface area contributed by atoms with Crippen LogP contribution in [-0.4, -0.2) is 21.9 Å². The molecule has 0 bridgehead atoms. The van der Waals surface area contributed by atoms with Crippen molar-refractivity contribution in [1.82, 2.24) is 15.3 Å². The molecule has 1 aromatic rings. The Morgan fingerprint density at radius 1 is 1.50 bits per heavy atom. The van der Waals surface area contributed by atoms with Gasteiger partial charge in [-0.1, -0.05) is 45.2 Å². The maximum atomic E-state index is 12.3. The summed E-state index contributed by atoms with van der Waals surface area (Å²) in [5, 5.41) is 3.36. The summed E-state index contributed by atoms with van der Waals surface area (Å²) in [4.78, 5) is 20.8. The van der Waals surface area contributed by atoms with E-state index < -0.39 is 0 Å². The van der Waals surface area contributed by atoms with Gasteiger partial charge in [0.2, 0.25) is 0 Å². The highest BCUT2D eigenvalue weighted by Crippen LogP contribution is 2.34. The van der Waals surface area contributed by atoms with Crippen LogP contribution < -0.4 is 5.32 Å². The first-order chi connectivity index (χ1) is 9.51. The monoisotopic (exact) mass is 295 g/mol. The van der Waals surface area contributed by atoms with E-state index in [-0.39, 0.29) is 17.9 Å². The molecule has 0 radical (unpaired) electrons. The van der Waals surface area contributed by atoms with E-state index in [4.69, 9.17) is 11.6 Å². The average molecular weight is 296 g/mol.